The number of hydrogen-bond donors (Lipinski definition) is 2. The van der Waals surface area contributed by atoms with E-state index in [9.17, 15) is 9.50 Å². The van der Waals surface area contributed by atoms with Crippen molar-refractivity contribution in [1.29, 1.82) is 0 Å². The summed E-state index contributed by atoms with van der Waals surface area (Å²) in [5.74, 6) is -0.892. The van der Waals surface area contributed by atoms with Crippen LogP contribution >= 0.6 is 0 Å². The Hall–Kier alpha value is -1.58. The first kappa shape index (κ1) is 8.04. The predicted molar refractivity (Wildman–Crippen MR) is 47.3 cm³/mol. The second-order valence-corrected chi connectivity index (χ2v) is 2.92. The molecule has 68 valence electrons. The van der Waals surface area contributed by atoms with Crippen LogP contribution in [0.3, 0.4) is 0 Å². The minimum atomic E-state index is -0.585. The molecule has 0 bridgehead atoms. The molecule has 1 aromatic rings. The quantitative estimate of drug-likeness (QED) is 0.682. The van der Waals surface area contributed by atoms with Crippen LogP contribution in [0.1, 0.15) is 11.5 Å². The van der Waals surface area contributed by atoms with Gasteiger partial charge in [-0.25, -0.2) is 4.39 Å². The van der Waals surface area contributed by atoms with Crippen molar-refractivity contribution in [3.05, 3.63) is 29.6 Å². The van der Waals surface area contributed by atoms with Crippen LogP contribution in [0.2, 0.25) is 0 Å². The Bertz CT molecular complexity index is 351. The van der Waals surface area contributed by atoms with E-state index in [2.05, 4.69) is 10.5 Å². The first-order valence-corrected chi connectivity index (χ1v) is 4.02. The fourth-order valence-electron chi connectivity index (χ4n) is 1.37. The van der Waals surface area contributed by atoms with Crippen LogP contribution in [-0.2, 0) is 0 Å². The van der Waals surface area contributed by atoms with Crippen molar-refractivity contribution in [2.75, 3.05) is 6.54 Å². The van der Waals surface area contributed by atoms with Crippen molar-refractivity contribution in [3.63, 3.8) is 0 Å². The highest BCUT2D eigenvalue weighted by molar-refractivity contribution is 5.71. The van der Waals surface area contributed by atoms with Crippen LogP contribution in [0.4, 0.5) is 4.39 Å². The first-order valence-electron chi connectivity index (χ1n) is 4.02. The number of halogens is 1. The number of aromatic hydroxyl groups is 1. The van der Waals surface area contributed by atoms with Crippen molar-refractivity contribution in [1.82, 2.24) is 5.43 Å². The molecule has 0 saturated heterocycles. The second kappa shape index (κ2) is 3.05. The SMILES string of the molecule is Oc1c(F)cccc1C1C=NNC1. The van der Waals surface area contributed by atoms with Gasteiger partial charge in [0.05, 0.1) is 0 Å². The van der Waals surface area contributed by atoms with E-state index < -0.39 is 5.82 Å². The lowest BCUT2D eigenvalue weighted by atomic mass is 10.00. The summed E-state index contributed by atoms with van der Waals surface area (Å²) in [5.41, 5.74) is 3.33. The zero-order valence-corrected chi connectivity index (χ0v) is 6.87. The summed E-state index contributed by atoms with van der Waals surface area (Å²) in [7, 11) is 0. The molecule has 2 N–H and O–H groups in total. The highest BCUT2D eigenvalue weighted by Crippen LogP contribution is 2.27. The maximum absolute atomic E-state index is 12.9. The van der Waals surface area contributed by atoms with E-state index in [1.807, 2.05) is 0 Å². The predicted octanol–water partition coefficient (Wildman–Crippen LogP) is 1.20. The molecule has 0 fully saturated rings. The number of hydrazone groups is 1. The first-order chi connectivity index (χ1) is 6.29. The zero-order valence-electron chi connectivity index (χ0n) is 6.87. The average molecular weight is 180 g/mol. The summed E-state index contributed by atoms with van der Waals surface area (Å²) in [6.07, 6.45) is 1.66. The van der Waals surface area contributed by atoms with Crippen LogP contribution in [0.15, 0.2) is 23.3 Å². The van der Waals surface area contributed by atoms with Crippen LogP contribution in [0.5, 0.6) is 5.75 Å². The highest BCUT2D eigenvalue weighted by atomic mass is 19.1. The minimum absolute atomic E-state index is 0.0318. The van der Waals surface area contributed by atoms with E-state index in [4.69, 9.17) is 0 Å². The summed E-state index contributed by atoms with van der Waals surface area (Å²) in [6.45, 7) is 0.608. The van der Waals surface area contributed by atoms with E-state index in [1.54, 1.807) is 18.3 Å². The molecule has 13 heavy (non-hydrogen) atoms. The number of hydrogen-bond acceptors (Lipinski definition) is 3. The molecule has 2 rings (SSSR count). The standard InChI is InChI=1S/C9H9FN2O/c10-8-3-1-2-7(9(8)13)6-4-11-12-5-6/h1-4,6,12-13H,5H2. The summed E-state index contributed by atoms with van der Waals surface area (Å²) >= 11 is 0. The van der Waals surface area contributed by atoms with Gasteiger partial charge in [0.1, 0.15) is 0 Å². The minimum Gasteiger partial charge on any atom is -0.505 e. The van der Waals surface area contributed by atoms with Gasteiger partial charge in [-0.3, -0.25) is 0 Å². The van der Waals surface area contributed by atoms with Gasteiger partial charge in [-0.05, 0) is 6.07 Å². The van der Waals surface area contributed by atoms with Crippen molar-refractivity contribution in [2.45, 2.75) is 5.92 Å². The van der Waals surface area contributed by atoms with Gasteiger partial charge in [0.15, 0.2) is 11.6 Å². The van der Waals surface area contributed by atoms with Gasteiger partial charge in [0.25, 0.3) is 0 Å². The molecule has 0 aromatic heterocycles. The number of para-hydroxylation sites is 1. The number of rotatable bonds is 1. The molecule has 0 amide bonds. The number of benzene rings is 1. The van der Waals surface area contributed by atoms with E-state index >= 15 is 0 Å². The van der Waals surface area contributed by atoms with E-state index in [0.29, 0.717) is 12.1 Å². The third kappa shape index (κ3) is 1.35. The zero-order chi connectivity index (χ0) is 9.26. The van der Waals surface area contributed by atoms with E-state index in [-0.39, 0.29) is 11.7 Å². The lowest BCUT2D eigenvalue weighted by molar-refractivity contribution is 0.425. The summed E-state index contributed by atoms with van der Waals surface area (Å²) in [5, 5.41) is 13.2. The molecule has 1 aliphatic rings. The molecule has 1 atom stereocenters. The molecular weight excluding hydrogens is 171 g/mol. The molecule has 0 aliphatic carbocycles. The maximum Gasteiger partial charge on any atom is 0.165 e. The molecule has 0 saturated carbocycles. The van der Waals surface area contributed by atoms with E-state index in [1.165, 1.54) is 6.07 Å². The average Bonchev–Trinajstić information content (AvgIpc) is 2.62. The molecule has 1 aromatic carbocycles. The topological polar surface area (TPSA) is 44.6 Å². The molecule has 1 aliphatic heterocycles. The number of phenols is 1. The van der Waals surface area contributed by atoms with Crippen molar-refractivity contribution >= 4 is 6.21 Å². The Balaban J connectivity index is 2.39. The monoisotopic (exact) mass is 180 g/mol. The number of nitrogens with one attached hydrogen (secondary N) is 1. The van der Waals surface area contributed by atoms with Gasteiger partial charge in [-0.2, -0.15) is 5.10 Å². The smallest absolute Gasteiger partial charge is 0.165 e. The van der Waals surface area contributed by atoms with Crippen LogP contribution < -0.4 is 5.43 Å². The van der Waals surface area contributed by atoms with E-state index in [0.717, 1.165) is 0 Å². The van der Waals surface area contributed by atoms with Gasteiger partial charge in [0.2, 0.25) is 0 Å². The Kier molecular flexibility index (Phi) is 1.88. The Morgan fingerprint density at radius 1 is 1.54 bits per heavy atom. The third-order valence-electron chi connectivity index (χ3n) is 2.07. The van der Waals surface area contributed by atoms with Gasteiger partial charge < -0.3 is 10.5 Å². The van der Waals surface area contributed by atoms with Gasteiger partial charge in [-0.1, -0.05) is 12.1 Å². The fourth-order valence-corrected chi connectivity index (χ4v) is 1.37. The molecular formula is C9H9FN2O. The maximum atomic E-state index is 12.9. The van der Waals surface area contributed by atoms with Crippen molar-refractivity contribution < 1.29 is 9.50 Å². The van der Waals surface area contributed by atoms with Crippen LogP contribution in [-0.4, -0.2) is 17.9 Å². The fraction of sp³-hybridized carbons (Fsp3) is 0.222. The van der Waals surface area contributed by atoms with Gasteiger partial charge >= 0.3 is 0 Å². The van der Waals surface area contributed by atoms with Crippen LogP contribution in [0, 0.1) is 5.82 Å². The lowest BCUT2D eigenvalue weighted by Gasteiger charge is -2.08. The molecule has 1 unspecified atom stereocenters. The molecule has 0 spiro atoms. The Morgan fingerprint density at radius 2 is 2.38 bits per heavy atom. The summed E-state index contributed by atoms with van der Waals surface area (Å²) in [4.78, 5) is 0. The number of nitrogens with zero attached hydrogens (tertiary/aromatic N) is 1. The van der Waals surface area contributed by atoms with Crippen molar-refractivity contribution in [2.24, 2.45) is 5.10 Å². The largest absolute Gasteiger partial charge is 0.505 e. The Labute approximate surface area is 74.9 Å². The molecule has 1 heterocycles. The van der Waals surface area contributed by atoms with Crippen LogP contribution in [0.25, 0.3) is 0 Å². The molecule has 4 heteroatoms. The summed E-state index contributed by atoms with van der Waals surface area (Å²) in [6, 6.07) is 4.51. The molecule has 0 radical (unpaired) electrons. The number of phenolic OH excluding ortho intramolecular Hbond substituents is 1. The second-order valence-electron chi connectivity index (χ2n) is 2.92. The highest BCUT2D eigenvalue weighted by Gasteiger charge is 2.18. The normalized spacial score (nSPS) is 20.2. The summed E-state index contributed by atoms with van der Waals surface area (Å²) < 4.78 is 12.9. The Morgan fingerprint density at radius 3 is 3.08 bits per heavy atom. The van der Waals surface area contributed by atoms with Gasteiger partial charge in [0, 0.05) is 24.2 Å². The van der Waals surface area contributed by atoms with Gasteiger partial charge in [-0.15, -0.1) is 0 Å². The molecule has 3 nitrogen and oxygen atoms in total. The van der Waals surface area contributed by atoms with Crippen molar-refractivity contribution in [3.8, 4) is 5.75 Å². The third-order valence-corrected chi connectivity index (χ3v) is 2.07. The lowest BCUT2D eigenvalue weighted by Crippen LogP contribution is -2.08.